The molecule has 0 aliphatic carbocycles. The van der Waals surface area contributed by atoms with Gasteiger partial charge < -0.3 is 4.57 Å². The third-order valence-corrected chi connectivity index (χ3v) is 5.08. The molecule has 2 aromatic heterocycles. The number of halogens is 1. The second-order valence-corrected chi connectivity index (χ2v) is 7.68. The van der Waals surface area contributed by atoms with Crippen LogP contribution in [-0.4, -0.2) is 20.4 Å². The van der Waals surface area contributed by atoms with E-state index in [1.165, 1.54) is 0 Å². The highest BCUT2D eigenvalue weighted by molar-refractivity contribution is 6.33. The Morgan fingerprint density at radius 2 is 1.96 bits per heavy atom. The first-order valence-electron chi connectivity index (χ1n) is 8.92. The molecule has 0 atom stereocenters. The van der Waals surface area contributed by atoms with Crippen LogP contribution in [0.1, 0.15) is 24.2 Å². The molecule has 5 nitrogen and oxygen atoms in total. The average Bonchev–Trinajstić information content (AvgIpc) is 3.06. The lowest BCUT2D eigenvalue weighted by molar-refractivity contribution is 0.0980. The first kappa shape index (κ1) is 16.3. The van der Waals surface area contributed by atoms with Gasteiger partial charge in [0, 0.05) is 17.0 Å². The predicted octanol–water partition coefficient (Wildman–Crippen LogP) is 5.19. The van der Waals surface area contributed by atoms with E-state index in [0.29, 0.717) is 22.3 Å². The zero-order valence-electron chi connectivity index (χ0n) is 15.0. The fourth-order valence-corrected chi connectivity index (χ4v) is 3.89. The lowest BCUT2D eigenvalue weighted by atomic mass is 10.0. The van der Waals surface area contributed by atoms with E-state index in [0.717, 1.165) is 34.2 Å². The maximum Gasteiger partial charge on any atom is 0.266 e. The number of para-hydroxylation sites is 1. The van der Waals surface area contributed by atoms with Crippen molar-refractivity contribution in [1.29, 1.82) is 0 Å². The molecule has 0 radical (unpaired) electrons. The molecule has 2 aromatic carbocycles. The molecule has 0 saturated carbocycles. The summed E-state index contributed by atoms with van der Waals surface area (Å²) >= 11 is 6.03. The van der Waals surface area contributed by atoms with E-state index in [1.54, 1.807) is 17.0 Å². The van der Waals surface area contributed by atoms with E-state index in [4.69, 9.17) is 16.6 Å². The van der Waals surface area contributed by atoms with E-state index in [2.05, 4.69) is 29.5 Å². The second-order valence-electron chi connectivity index (χ2n) is 7.24. The molecule has 0 saturated heterocycles. The van der Waals surface area contributed by atoms with Crippen LogP contribution in [0, 0.1) is 5.92 Å². The van der Waals surface area contributed by atoms with Gasteiger partial charge >= 0.3 is 0 Å². The Morgan fingerprint density at radius 3 is 2.78 bits per heavy atom. The Kier molecular flexibility index (Phi) is 3.49. The van der Waals surface area contributed by atoms with Gasteiger partial charge in [0.2, 0.25) is 0 Å². The Labute approximate surface area is 161 Å². The number of hydrogen-bond donors (Lipinski definition) is 0. The number of benzene rings is 2. The van der Waals surface area contributed by atoms with E-state index < -0.39 is 0 Å². The van der Waals surface area contributed by atoms with E-state index in [1.807, 2.05) is 30.6 Å². The fourth-order valence-electron chi connectivity index (χ4n) is 3.72. The number of pyridine rings is 1. The molecule has 1 amide bonds. The number of nitrogens with zero attached hydrogens (tertiary/aromatic N) is 4. The summed E-state index contributed by atoms with van der Waals surface area (Å²) in [5.41, 5.74) is 4.03. The lowest BCUT2D eigenvalue weighted by Gasteiger charge is -2.33. The molecular formula is C21H17ClN4O. The Balaban J connectivity index is 1.79. The van der Waals surface area contributed by atoms with Gasteiger partial charge in [-0.25, -0.2) is 9.97 Å². The summed E-state index contributed by atoms with van der Waals surface area (Å²) in [5.74, 6) is 0.951. The third-order valence-electron chi connectivity index (χ3n) is 4.84. The van der Waals surface area contributed by atoms with Gasteiger partial charge in [0.25, 0.3) is 5.91 Å². The smallest absolute Gasteiger partial charge is 0.266 e. The van der Waals surface area contributed by atoms with Crippen molar-refractivity contribution in [1.82, 2.24) is 14.5 Å². The molecule has 0 unspecified atom stereocenters. The van der Waals surface area contributed by atoms with Gasteiger partial charge in [-0.2, -0.15) is 0 Å². The molecule has 3 heterocycles. The van der Waals surface area contributed by atoms with Crippen LogP contribution in [0.25, 0.3) is 21.9 Å². The van der Waals surface area contributed by atoms with Crippen molar-refractivity contribution in [2.45, 2.75) is 20.4 Å². The summed E-state index contributed by atoms with van der Waals surface area (Å²) in [7, 11) is 0. The number of carbonyl (C=O) groups excluding carboxylic acids is 1. The van der Waals surface area contributed by atoms with Crippen LogP contribution in [0.15, 0.2) is 48.8 Å². The van der Waals surface area contributed by atoms with E-state index in [9.17, 15) is 4.79 Å². The standard InChI is InChI=1S/C21H17ClN4O/c1-12(2)10-25-11-23-18-19(25)14-5-3-4-6-16(14)24-20(18)26-17-8-7-13(22)9-15(17)21(26)27/h3-9,11-12H,10H2,1-2H3. The minimum atomic E-state index is -0.102. The zero-order chi connectivity index (χ0) is 18.7. The number of fused-ring (bicyclic) bond motifs is 4. The Hall–Kier alpha value is -2.92. The molecule has 0 bridgehead atoms. The van der Waals surface area contributed by atoms with E-state index in [-0.39, 0.29) is 5.91 Å². The van der Waals surface area contributed by atoms with Crippen molar-refractivity contribution in [3.63, 3.8) is 0 Å². The molecule has 0 spiro atoms. The van der Waals surface area contributed by atoms with Crippen LogP contribution < -0.4 is 4.90 Å². The molecule has 6 heteroatoms. The average molecular weight is 377 g/mol. The summed E-state index contributed by atoms with van der Waals surface area (Å²) in [6, 6.07) is 13.3. The molecular weight excluding hydrogens is 360 g/mol. The summed E-state index contributed by atoms with van der Waals surface area (Å²) in [6.07, 6.45) is 1.84. The van der Waals surface area contributed by atoms with Crippen molar-refractivity contribution < 1.29 is 4.79 Å². The van der Waals surface area contributed by atoms with Crippen molar-refractivity contribution in [2.75, 3.05) is 4.90 Å². The highest BCUT2D eigenvalue weighted by Crippen LogP contribution is 2.43. The largest absolute Gasteiger partial charge is 0.330 e. The number of imidazole rings is 1. The summed E-state index contributed by atoms with van der Waals surface area (Å²) < 4.78 is 2.15. The highest BCUT2D eigenvalue weighted by atomic mass is 35.5. The summed E-state index contributed by atoms with van der Waals surface area (Å²) in [4.78, 5) is 23.8. The number of amides is 1. The normalized spacial score (nSPS) is 13.5. The van der Waals surface area contributed by atoms with Gasteiger partial charge in [-0.1, -0.05) is 43.6 Å². The number of carbonyl (C=O) groups is 1. The molecule has 0 fully saturated rings. The van der Waals surface area contributed by atoms with Gasteiger partial charge in [0.15, 0.2) is 5.82 Å². The van der Waals surface area contributed by atoms with Crippen LogP contribution in [0.3, 0.4) is 0 Å². The summed E-state index contributed by atoms with van der Waals surface area (Å²) in [5, 5.41) is 1.60. The molecule has 1 aliphatic heterocycles. The molecule has 27 heavy (non-hydrogen) atoms. The Morgan fingerprint density at radius 1 is 1.15 bits per heavy atom. The molecule has 5 rings (SSSR count). The number of anilines is 2. The topological polar surface area (TPSA) is 51.0 Å². The summed E-state index contributed by atoms with van der Waals surface area (Å²) in [6.45, 7) is 5.20. The van der Waals surface area contributed by atoms with Crippen LogP contribution in [0.5, 0.6) is 0 Å². The van der Waals surface area contributed by atoms with Crippen LogP contribution in [0.4, 0.5) is 11.5 Å². The van der Waals surface area contributed by atoms with Crippen molar-refractivity contribution >= 4 is 50.9 Å². The van der Waals surface area contributed by atoms with Gasteiger partial charge in [0.05, 0.1) is 28.6 Å². The maximum absolute atomic E-state index is 12.8. The molecule has 0 N–H and O–H groups in total. The molecule has 134 valence electrons. The molecule has 4 aromatic rings. The van der Waals surface area contributed by atoms with Gasteiger partial charge in [-0.15, -0.1) is 0 Å². The van der Waals surface area contributed by atoms with Gasteiger partial charge in [0.1, 0.15) is 5.52 Å². The number of hydrogen-bond acceptors (Lipinski definition) is 3. The minimum absolute atomic E-state index is 0.102. The van der Waals surface area contributed by atoms with Crippen LogP contribution in [-0.2, 0) is 6.54 Å². The third kappa shape index (κ3) is 2.35. The first-order valence-corrected chi connectivity index (χ1v) is 9.30. The van der Waals surface area contributed by atoms with Crippen LogP contribution in [0.2, 0.25) is 5.02 Å². The quantitative estimate of drug-likeness (QED) is 0.494. The van der Waals surface area contributed by atoms with E-state index >= 15 is 0 Å². The monoisotopic (exact) mass is 376 g/mol. The van der Waals surface area contributed by atoms with Crippen molar-refractivity contribution in [2.24, 2.45) is 5.92 Å². The predicted molar refractivity (Wildman–Crippen MR) is 108 cm³/mol. The number of rotatable bonds is 3. The lowest BCUT2D eigenvalue weighted by Crippen LogP contribution is -2.37. The van der Waals surface area contributed by atoms with Crippen molar-refractivity contribution in [3.8, 4) is 0 Å². The van der Waals surface area contributed by atoms with Gasteiger partial charge in [-0.3, -0.25) is 9.69 Å². The SMILES string of the molecule is CC(C)Cn1cnc2c(N3C(=O)c4cc(Cl)ccc43)nc3ccccc3c21. The highest BCUT2D eigenvalue weighted by Gasteiger charge is 2.37. The zero-order valence-corrected chi connectivity index (χ0v) is 15.7. The van der Waals surface area contributed by atoms with Crippen molar-refractivity contribution in [3.05, 3.63) is 59.4 Å². The molecule has 1 aliphatic rings. The Bertz CT molecular complexity index is 1230. The van der Waals surface area contributed by atoms with Gasteiger partial charge in [-0.05, 0) is 30.2 Å². The maximum atomic E-state index is 12.8. The fraction of sp³-hybridized carbons (Fsp3) is 0.190. The second kappa shape index (κ2) is 5.79. The van der Waals surface area contributed by atoms with Crippen LogP contribution >= 0.6 is 11.6 Å². The minimum Gasteiger partial charge on any atom is -0.330 e. The first-order chi connectivity index (χ1) is 13.0. The number of aromatic nitrogens is 3.